The van der Waals surface area contributed by atoms with Crippen LogP contribution in [0.25, 0.3) is 0 Å². The molecule has 712 valence electrons. The van der Waals surface area contributed by atoms with Gasteiger partial charge in [-0.1, -0.05) is 71.8 Å². The van der Waals surface area contributed by atoms with Crippen LogP contribution in [0.4, 0.5) is 0 Å². The van der Waals surface area contributed by atoms with Crippen LogP contribution in [0.2, 0.25) is 0 Å². The number of carbonyl (C=O) groups excluding carboxylic acids is 2. The molecular formula is C94H212N14O6S3. The molecule has 10 aliphatic rings. The molecule has 0 aromatic carbocycles. The van der Waals surface area contributed by atoms with Gasteiger partial charge in [-0.3, -0.25) is 48.8 Å². The molecule has 0 N–H and O–H groups in total. The number of hydrogen-bond acceptors (Lipinski definition) is 17. The third-order valence-corrected chi connectivity index (χ3v) is 27.4. The largest absolute Gasteiger partial charge is 0.340 e. The van der Waals surface area contributed by atoms with Crippen molar-refractivity contribution in [3.8, 4) is 0 Å². The van der Waals surface area contributed by atoms with Crippen LogP contribution in [-0.4, -0.2) is 359 Å². The molecule has 10 aliphatic heterocycles. The van der Waals surface area contributed by atoms with Crippen LogP contribution in [-0.2, 0) is 29.6 Å². The first-order valence-electron chi connectivity index (χ1n) is 43.6. The fourth-order valence-corrected chi connectivity index (χ4v) is 18.6. The second kappa shape index (κ2) is 58.9. The van der Waals surface area contributed by atoms with Crippen molar-refractivity contribution in [1.29, 1.82) is 0 Å². The Morgan fingerprint density at radius 1 is 0.368 bits per heavy atom. The Bertz CT molecular complexity index is 2610. The van der Waals surface area contributed by atoms with Gasteiger partial charge in [0.25, 0.3) is 0 Å². The third-order valence-electron chi connectivity index (χ3n) is 23.0. The number of thioether (sulfide) groups is 1. The maximum Gasteiger partial charge on any atom is 0.222 e. The van der Waals surface area contributed by atoms with Gasteiger partial charge in [-0.15, -0.1) is 0 Å². The van der Waals surface area contributed by atoms with Crippen LogP contribution in [0, 0.1) is 0 Å². The summed E-state index contributed by atoms with van der Waals surface area (Å²) in [6.07, 6.45) is 16.3. The van der Waals surface area contributed by atoms with Gasteiger partial charge in [-0.25, -0.2) is 16.8 Å². The smallest absolute Gasteiger partial charge is 0.222 e. The van der Waals surface area contributed by atoms with Crippen molar-refractivity contribution >= 4 is 43.6 Å². The van der Waals surface area contributed by atoms with Gasteiger partial charge < -0.3 is 19.6 Å². The molecule has 117 heavy (non-hydrogen) atoms. The van der Waals surface area contributed by atoms with Gasteiger partial charge in [0, 0.05) is 212 Å². The number of likely N-dealkylation sites (tertiary alicyclic amines) is 4. The van der Waals surface area contributed by atoms with E-state index in [0.29, 0.717) is 64.5 Å². The van der Waals surface area contributed by atoms with Crippen molar-refractivity contribution in [2.45, 2.75) is 400 Å². The lowest BCUT2D eigenvalue weighted by Crippen LogP contribution is -2.54. The van der Waals surface area contributed by atoms with E-state index < -0.39 is 20.0 Å². The zero-order valence-corrected chi connectivity index (χ0v) is 81.2. The summed E-state index contributed by atoms with van der Waals surface area (Å²) >= 11 is 2.07. The van der Waals surface area contributed by atoms with Crippen LogP contribution in [0.15, 0.2) is 0 Å². The summed E-state index contributed by atoms with van der Waals surface area (Å²) in [7, 11) is -3.65. The molecule has 0 unspecified atom stereocenters. The number of hydrogen-bond donors (Lipinski definition) is 0. The Labute approximate surface area is 739 Å². The predicted octanol–water partition coefficient (Wildman–Crippen LogP) is 18.7. The summed E-state index contributed by atoms with van der Waals surface area (Å²) in [5.41, 5.74) is 2.74. The van der Waals surface area contributed by atoms with Gasteiger partial charge in [0.2, 0.25) is 31.9 Å². The normalized spacial score (nSPS) is 21.4. The number of piperidine rings is 3. The van der Waals surface area contributed by atoms with Gasteiger partial charge in [0.15, 0.2) is 0 Å². The lowest BCUT2D eigenvalue weighted by molar-refractivity contribution is -0.138. The van der Waals surface area contributed by atoms with Crippen molar-refractivity contribution in [2.75, 3.05) is 207 Å². The molecule has 10 rings (SSSR count). The number of piperazine rings is 4. The monoisotopic (exact) mass is 1730 g/mol. The fourth-order valence-electron chi connectivity index (χ4n) is 15.1. The number of nitrogens with zero attached hydrogens (tertiary/aromatic N) is 14. The minimum absolute atomic E-state index is 0. The fraction of sp³-hybridized carbons (Fsp3) is 0.979. The molecule has 0 bridgehead atoms. The maximum atomic E-state index is 11.4. The molecule has 10 heterocycles. The first-order chi connectivity index (χ1) is 50.1. The summed E-state index contributed by atoms with van der Waals surface area (Å²) in [6.45, 7) is 98.2. The first kappa shape index (κ1) is 129. The van der Waals surface area contributed by atoms with Crippen molar-refractivity contribution in [3.05, 3.63) is 0 Å². The zero-order chi connectivity index (χ0) is 84.7. The highest BCUT2D eigenvalue weighted by atomic mass is 32.2. The van der Waals surface area contributed by atoms with E-state index in [9.17, 15) is 26.4 Å². The average molecular weight is 1730 g/mol. The third kappa shape index (κ3) is 54.4. The molecule has 10 fully saturated rings. The Kier molecular flexibility index (Phi) is 64.8. The van der Waals surface area contributed by atoms with E-state index in [1.165, 1.54) is 187 Å². The van der Waals surface area contributed by atoms with E-state index >= 15 is 0 Å². The molecule has 23 heteroatoms. The van der Waals surface area contributed by atoms with Crippen LogP contribution in [0.3, 0.4) is 0 Å². The lowest BCUT2D eigenvalue weighted by Gasteiger charge is -2.42. The Balaban J connectivity index is -0.000000229. The Morgan fingerprint density at radius 2 is 0.641 bits per heavy atom. The minimum atomic E-state index is -2.99. The van der Waals surface area contributed by atoms with Gasteiger partial charge in [-0.2, -0.15) is 20.4 Å². The van der Waals surface area contributed by atoms with E-state index in [1.54, 1.807) is 15.5 Å². The van der Waals surface area contributed by atoms with Crippen LogP contribution < -0.4 is 0 Å². The van der Waals surface area contributed by atoms with Gasteiger partial charge in [0.1, 0.15) is 0 Å². The minimum Gasteiger partial charge on any atom is -0.340 e. The standard InChI is InChI=1S/C10H20N2O.C10H22N2.C9H20N2O2S.C9H20N2.C9H17NO.2C9H19N.C8H17NS.C8H17N.C6H13NO2S.7CH4/c1-9(13)11-5-7-12(8-6-11)10(2,3)4;1-5-11-6-8-12(9-7-11)10(2,3)4;1-9(2,3)10-5-7-11(8-6-10)14(4,12)13;1-9(2,3)11-7-5-10(4)6-8-11;1-9(2,3)10-7-5-4-6-8(10)11;2*1-9(2,3)10-7-5-4-6-8-10;1-8(2,3)9-4-6-10-7-5-9;1-8(2,3)9-6-4-5-7-9;1-6(2)7-4-3-5-10(7,8)9;;;;;;;/h5-8H2,1-4H3;5-9H2,1-4H3;5-8H2,1-4H3;5-8H2,1-4H3;4-7H2,1-3H3;2*4-8H2,1-3H3;4-7H2,1-3H3;4-7H2,1-3H3;6H,3-5H2,1-2H3;7*1H4. The van der Waals surface area contributed by atoms with E-state index in [0.717, 1.165) is 65.1 Å². The molecule has 10 saturated heterocycles. The number of sulfonamides is 2. The quantitative estimate of drug-likeness (QED) is 0.264. The van der Waals surface area contributed by atoms with Gasteiger partial charge in [-0.05, 0) is 311 Å². The molecule has 0 aliphatic carbocycles. The molecule has 0 saturated carbocycles. The summed E-state index contributed by atoms with van der Waals surface area (Å²) < 4.78 is 47.9. The second-order valence-electron chi connectivity index (χ2n) is 41.7. The SMILES string of the molecule is C.C.C.C.C.C.C.CC(=O)N1CCN(C(C)(C)C)CC1.CC(C)(C)N1CCCC1.CC(C)(C)N1CCCCC1.CC(C)(C)N1CCCCC1.CC(C)(C)N1CCCCC1=O.CC(C)(C)N1CCN(S(C)(=O)=O)CC1.CC(C)(C)N1CCSCC1.CC(C)N1CCCS1(=O)=O.CCN1CCN(C(C)(C)C)CC1.CN1CCN(C(C)(C)C)CC1. The van der Waals surface area contributed by atoms with E-state index in [4.69, 9.17) is 0 Å². The molecule has 0 aromatic heterocycles. The molecule has 2 amide bonds. The number of amides is 2. The topological polar surface area (TPSA) is 148 Å². The summed E-state index contributed by atoms with van der Waals surface area (Å²) in [5.74, 6) is 3.50. The molecular weight excluding hydrogens is 1520 g/mol. The highest BCUT2D eigenvalue weighted by Gasteiger charge is 2.34. The molecule has 0 aromatic rings. The van der Waals surface area contributed by atoms with E-state index in [-0.39, 0.29) is 80.6 Å². The predicted molar refractivity (Wildman–Crippen MR) is 526 cm³/mol. The molecule has 0 spiro atoms. The number of carbonyl (C=O) groups is 2. The Morgan fingerprint density at radius 3 is 0.863 bits per heavy atom. The van der Waals surface area contributed by atoms with Gasteiger partial charge >= 0.3 is 0 Å². The summed E-state index contributed by atoms with van der Waals surface area (Å²) in [6, 6.07) is 0.132. The van der Waals surface area contributed by atoms with E-state index in [1.807, 2.05) is 23.6 Å². The molecule has 0 radical (unpaired) electrons. The maximum absolute atomic E-state index is 11.4. The first-order valence-corrected chi connectivity index (χ1v) is 48.2. The van der Waals surface area contributed by atoms with Crippen LogP contribution >= 0.6 is 11.8 Å². The summed E-state index contributed by atoms with van der Waals surface area (Å²) in [4.78, 5) is 51.4. The van der Waals surface area contributed by atoms with Crippen molar-refractivity contribution in [2.24, 2.45) is 0 Å². The van der Waals surface area contributed by atoms with Crippen molar-refractivity contribution in [3.63, 3.8) is 0 Å². The van der Waals surface area contributed by atoms with Gasteiger partial charge in [0.05, 0.1) is 12.0 Å². The average Bonchev–Trinajstić information content (AvgIpc) is 1.82. The lowest BCUT2D eigenvalue weighted by atomic mass is 10.0. The number of likely N-dealkylation sites (N-methyl/N-ethyl adjacent to an activating group) is 2. The van der Waals surface area contributed by atoms with Crippen LogP contribution in [0.5, 0.6) is 0 Å². The number of rotatable bonds is 3. The Hall–Kier alpha value is -1.29. The highest BCUT2D eigenvalue weighted by molar-refractivity contribution is 7.99. The highest BCUT2D eigenvalue weighted by Crippen LogP contribution is 2.26. The van der Waals surface area contributed by atoms with Crippen molar-refractivity contribution < 1.29 is 26.4 Å². The summed E-state index contributed by atoms with van der Waals surface area (Å²) in [5, 5.41) is 0. The second-order valence-corrected chi connectivity index (χ2v) is 46.9. The molecule has 20 nitrogen and oxygen atoms in total. The van der Waals surface area contributed by atoms with Crippen molar-refractivity contribution in [1.82, 2.24) is 67.4 Å². The van der Waals surface area contributed by atoms with E-state index in [2.05, 4.69) is 262 Å². The zero-order valence-electron chi connectivity index (χ0n) is 78.7. The van der Waals surface area contributed by atoms with Crippen LogP contribution in [0.1, 0.15) is 344 Å². The molecule has 0 atom stereocenters.